The molecule has 29 heavy (non-hydrogen) atoms. The van der Waals surface area contributed by atoms with Gasteiger partial charge in [-0.2, -0.15) is 13.2 Å². The minimum Gasteiger partial charge on any atom is -0.364 e. The van der Waals surface area contributed by atoms with E-state index in [1.165, 1.54) is 6.07 Å². The fourth-order valence-corrected chi connectivity index (χ4v) is 3.84. The van der Waals surface area contributed by atoms with Crippen molar-refractivity contribution in [2.45, 2.75) is 52.6 Å². The number of hydrogen-bond donors (Lipinski definition) is 1. The van der Waals surface area contributed by atoms with Gasteiger partial charge in [0.05, 0.1) is 5.56 Å². The molecule has 3 rings (SSSR count). The number of benzene rings is 1. The van der Waals surface area contributed by atoms with Gasteiger partial charge < -0.3 is 5.73 Å². The van der Waals surface area contributed by atoms with Crippen LogP contribution in [-0.2, 0) is 6.18 Å². The lowest BCUT2D eigenvalue weighted by molar-refractivity contribution is -0.137. The molecule has 0 saturated heterocycles. The molecule has 1 aromatic carbocycles. The molecule has 0 aliphatic carbocycles. The molecule has 0 unspecified atom stereocenters. The fraction of sp³-hybridized carbons (Fsp3) is 0.364. The number of nitrogens with two attached hydrogens (primary N) is 1. The zero-order valence-corrected chi connectivity index (χ0v) is 16.9. The molecule has 0 fully saturated rings. The molecule has 2 heterocycles. The second-order valence-electron chi connectivity index (χ2n) is 7.38. The molecule has 1 amide bonds. The van der Waals surface area contributed by atoms with Gasteiger partial charge in [-0.05, 0) is 49.8 Å². The lowest BCUT2D eigenvalue weighted by atomic mass is 9.94. The predicted molar refractivity (Wildman–Crippen MR) is 107 cm³/mol. The van der Waals surface area contributed by atoms with Gasteiger partial charge in [-0.1, -0.05) is 37.6 Å². The van der Waals surface area contributed by atoms with Crippen LogP contribution in [0.5, 0.6) is 0 Å². The third-order valence-corrected chi connectivity index (χ3v) is 5.35. The maximum absolute atomic E-state index is 13.7. The zero-order chi connectivity index (χ0) is 21.5. The number of halogens is 3. The van der Waals surface area contributed by atoms with Gasteiger partial charge >= 0.3 is 6.18 Å². The summed E-state index contributed by atoms with van der Waals surface area (Å²) in [5, 5.41) is 0. The predicted octanol–water partition coefficient (Wildman–Crippen LogP) is 5.64. The van der Waals surface area contributed by atoms with Crippen LogP contribution < -0.4 is 5.73 Å². The van der Waals surface area contributed by atoms with Crippen LogP contribution in [0.1, 0.15) is 65.3 Å². The van der Waals surface area contributed by atoms with Gasteiger partial charge in [-0.3, -0.25) is 9.20 Å². The first kappa shape index (κ1) is 20.9. The summed E-state index contributed by atoms with van der Waals surface area (Å²) in [6, 6.07) is 5.96. The lowest BCUT2D eigenvalue weighted by Crippen LogP contribution is -2.16. The summed E-state index contributed by atoms with van der Waals surface area (Å²) in [7, 11) is 0. The van der Waals surface area contributed by atoms with Crippen molar-refractivity contribution >= 4 is 11.6 Å². The number of carbonyl (C=O) groups is 1. The monoisotopic (exact) mass is 403 g/mol. The van der Waals surface area contributed by atoms with E-state index < -0.39 is 17.6 Å². The Hall–Kier alpha value is -2.83. The number of hydrogen-bond acceptors (Lipinski definition) is 2. The number of aryl methyl sites for hydroxylation is 2. The van der Waals surface area contributed by atoms with Crippen molar-refractivity contribution in [2.24, 2.45) is 5.73 Å². The molecule has 154 valence electrons. The van der Waals surface area contributed by atoms with Crippen LogP contribution in [0.3, 0.4) is 0 Å². The molecule has 0 bridgehead atoms. The first-order chi connectivity index (χ1) is 13.6. The van der Waals surface area contributed by atoms with Crippen molar-refractivity contribution < 1.29 is 18.0 Å². The largest absolute Gasteiger partial charge is 0.417 e. The van der Waals surface area contributed by atoms with Crippen molar-refractivity contribution in [3.63, 3.8) is 0 Å². The third kappa shape index (κ3) is 3.73. The number of pyridine rings is 1. The molecule has 3 aromatic rings. The van der Waals surface area contributed by atoms with Gasteiger partial charge in [0.25, 0.3) is 5.91 Å². The molecule has 0 radical (unpaired) electrons. The van der Waals surface area contributed by atoms with Crippen LogP contribution in [0.2, 0.25) is 0 Å². The molecule has 0 saturated carbocycles. The Labute approximate surface area is 167 Å². The molecule has 0 aliphatic heterocycles. The number of rotatable bonds is 5. The highest BCUT2D eigenvalue weighted by molar-refractivity contribution is 5.99. The van der Waals surface area contributed by atoms with E-state index in [0.29, 0.717) is 11.2 Å². The van der Waals surface area contributed by atoms with Crippen molar-refractivity contribution in [1.29, 1.82) is 0 Å². The Balaban J connectivity index is 2.38. The molecule has 4 nitrogen and oxygen atoms in total. The van der Waals surface area contributed by atoms with Crippen LogP contribution in [0.25, 0.3) is 16.9 Å². The Morgan fingerprint density at radius 2 is 1.83 bits per heavy atom. The number of alkyl halides is 3. The average molecular weight is 403 g/mol. The van der Waals surface area contributed by atoms with E-state index in [1.54, 1.807) is 23.6 Å². The quantitative estimate of drug-likeness (QED) is 0.599. The first-order valence-electron chi connectivity index (χ1n) is 9.59. The van der Waals surface area contributed by atoms with E-state index in [4.69, 9.17) is 5.73 Å². The second-order valence-corrected chi connectivity index (χ2v) is 7.38. The van der Waals surface area contributed by atoms with Crippen molar-refractivity contribution in [1.82, 2.24) is 9.38 Å². The summed E-state index contributed by atoms with van der Waals surface area (Å²) in [5.41, 5.74) is 7.23. The summed E-state index contributed by atoms with van der Waals surface area (Å²) >= 11 is 0. The van der Waals surface area contributed by atoms with E-state index in [0.717, 1.165) is 30.0 Å². The zero-order valence-electron chi connectivity index (χ0n) is 16.9. The molecule has 0 atom stereocenters. The summed E-state index contributed by atoms with van der Waals surface area (Å²) in [6.45, 7) is 7.57. The van der Waals surface area contributed by atoms with Gasteiger partial charge in [0, 0.05) is 11.8 Å². The number of nitrogens with zero attached hydrogens (tertiary/aromatic N) is 2. The van der Waals surface area contributed by atoms with Crippen LogP contribution in [0.4, 0.5) is 13.2 Å². The Bertz CT molecular complexity index is 1080. The van der Waals surface area contributed by atoms with Gasteiger partial charge in [-0.15, -0.1) is 0 Å². The topological polar surface area (TPSA) is 60.4 Å². The standard InChI is InChI=1S/C22H24F3N3O/c1-5-14(6-2)15-10-13(4)21-27-18(19(20(26)29)28(21)11-15)16-8-7-12(3)9-17(16)22(23,24)25/h7-11,14H,5-6H2,1-4H3,(H2,26,29). The normalized spacial score (nSPS) is 12.1. The smallest absolute Gasteiger partial charge is 0.364 e. The number of carbonyl (C=O) groups excluding carboxylic acids is 1. The van der Waals surface area contributed by atoms with Crippen LogP contribution in [0, 0.1) is 13.8 Å². The van der Waals surface area contributed by atoms with Crippen molar-refractivity contribution in [2.75, 3.05) is 0 Å². The molecule has 0 aliphatic rings. The average Bonchev–Trinajstić information content (AvgIpc) is 3.02. The highest BCUT2D eigenvalue weighted by atomic mass is 19.4. The first-order valence-corrected chi connectivity index (χ1v) is 9.59. The summed E-state index contributed by atoms with van der Waals surface area (Å²) in [6.07, 6.45) is -0.990. The minimum atomic E-state index is -4.58. The summed E-state index contributed by atoms with van der Waals surface area (Å²) in [5.74, 6) is -0.544. The van der Waals surface area contributed by atoms with E-state index in [-0.39, 0.29) is 22.9 Å². The number of aromatic nitrogens is 2. The van der Waals surface area contributed by atoms with E-state index in [1.807, 2.05) is 13.0 Å². The number of primary amides is 1. The molecule has 2 N–H and O–H groups in total. The van der Waals surface area contributed by atoms with Crippen molar-refractivity contribution in [3.8, 4) is 11.3 Å². The fourth-order valence-electron chi connectivity index (χ4n) is 3.84. The lowest BCUT2D eigenvalue weighted by Gasteiger charge is -2.15. The van der Waals surface area contributed by atoms with Crippen LogP contribution in [-0.4, -0.2) is 15.3 Å². The summed E-state index contributed by atoms with van der Waals surface area (Å²) in [4.78, 5) is 16.7. The molecule has 0 spiro atoms. The van der Waals surface area contributed by atoms with Gasteiger partial charge in [0.2, 0.25) is 0 Å². The maximum Gasteiger partial charge on any atom is 0.417 e. The van der Waals surface area contributed by atoms with Gasteiger partial charge in [0.15, 0.2) is 0 Å². The molecular formula is C22H24F3N3O. The summed E-state index contributed by atoms with van der Waals surface area (Å²) < 4.78 is 42.6. The van der Waals surface area contributed by atoms with E-state index in [9.17, 15) is 18.0 Å². The Morgan fingerprint density at radius 3 is 2.38 bits per heavy atom. The Kier molecular flexibility index (Phi) is 5.43. The van der Waals surface area contributed by atoms with E-state index in [2.05, 4.69) is 18.8 Å². The third-order valence-electron chi connectivity index (χ3n) is 5.35. The Morgan fingerprint density at radius 1 is 1.17 bits per heavy atom. The van der Waals surface area contributed by atoms with Gasteiger partial charge in [-0.25, -0.2) is 4.98 Å². The van der Waals surface area contributed by atoms with Crippen LogP contribution in [0.15, 0.2) is 30.5 Å². The van der Waals surface area contributed by atoms with Gasteiger partial charge in [0.1, 0.15) is 17.0 Å². The number of fused-ring (bicyclic) bond motifs is 1. The van der Waals surface area contributed by atoms with Crippen LogP contribution >= 0.6 is 0 Å². The minimum absolute atomic E-state index is 0.0368. The van der Waals surface area contributed by atoms with Crippen molar-refractivity contribution in [3.05, 3.63) is 58.4 Å². The molecular weight excluding hydrogens is 379 g/mol. The van der Waals surface area contributed by atoms with E-state index >= 15 is 0 Å². The SMILES string of the molecule is CCC(CC)c1cc(C)c2nc(-c3ccc(C)cc3C(F)(F)F)c(C(N)=O)n2c1. The maximum atomic E-state index is 13.7. The second kappa shape index (κ2) is 7.54. The highest BCUT2D eigenvalue weighted by Gasteiger charge is 2.36. The molecule has 7 heteroatoms. The highest BCUT2D eigenvalue weighted by Crippen LogP contribution is 2.39. The number of amides is 1. The molecule has 2 aromatic heterocycles. The number of imidazole rings is 1.